The van der Waals surface area contributed by atoms with E-state index in [1.807, 2.05) is 30.3 Å². The van der Waals surface area contributed by atoms with E-state index < -0.39 is 0 Å². The molecule has 0 atom stereocenters. The van der Waals surface area contributed by atoms with E-state index in [9.17, 15) is 4.79 Å². The summed E-state index contributed by atoms with van der Waals surface area (Å²) in [5, 5.41) is 4.11. The van der Waals surface area contributed by atoms with Gasteiger partial charge in [-0.05, 0) is 17.7 Å². The number of amides is 1. The maximum Gasteiger partial charge on any atom is 0.257 e. The minimum Gasteiger partial charge on any atom is -0.366 e. The minimum atomic E-state index is -0.0630. The van der Waals surface area contributed by atoms with Crippen LogP contribution in [-0.2, 0) is 6.54 Å². The largest absolute Gasteiger partial charge is 0.366 e. The van der Waals surface area contributed by atoms with Crippen LogP contribution in [0.4, 0.5) is 5.69 Å². The smallest absolute Gasteiger partial charge is 0.257 e. The lowest BCUT2D eigenvalue weighted by Gasteiger charge is -2.30. The van der Waals surface area contributed by atoms with Crippen LogP contribution in [0.2, 0.25) is 10.0 Å². The van der Waals surface area contributed by atoms with Crippen molar-refractivity contribution in [2.75, 3.05) is 12.0 Å². The van der Waals surface area contributed by atoms with Crippen molar-refractivity contribution in [3.05, 3.63) is 63.6 Å². The Morgan fingerprint density at radius 2 is 1.90 bits per heavy atom. The average Bonchev–Trinajstić information content (AvgIpc) is 2.43. The second-order valence-electron chi connectivity index (χ2n) is 4.63. The SMILES string of the molecule is O=C1c2cc(Cl)cc(Cl)c2NCN1Cc1ccccc1. The van der Waals surface area contributed by atoms with Crippen LogP contribution in [0, 0.1) is 0 Å². The average molecular weight is 307 g/mol. The van der Waals surface area contributed by atoms with Crippen molar-refractivity contribution < 1.29 is 4.79 Å². The molecule has 1 heterocycles. The van der Waals surface area contributed by atoms with Gasteiger partial charge in [0.2, 0.25) is 0 Å². The number of carbonyl (C=O) groups is 1. The number of halogens is 2. The van der Waals surface area contributed by atoms with Crippen LogP contribution in [0.1, 0.15) is 15.9 Å². The van der Waals surface area contributed by atoms with E-state index in [1.54, 1.807) is 17.0 Å². The second-order valence-corrected chi connectivity index (χ2v) is 5.48. The van der Waals surface area contributed by atoms with E-state index in [-0.39, 0.29) is 5.91 Å². The van der Waals surface area contributed by atoms with E-state index in [0.717, 1.165) is 5.56 Å². The molecule has 2 aromatic rings. The highest BCUT2D eigenvalue weighted by Crippen LogP contribution is 2.33. The molecule has 1 aliphatic rings. The molecule has 0 saturated heterocycles. The van der Waals surface area contributed by atoms with Crippen LogP contribution in [0.5, 0.6) is 0 Å². The number of anilines is 1. The second kappa shape index (κ2) is 5.35. The lowest BCUT2D eigenvalue weighted by atomic mass is 10.1. The summed E-state index contributed by atoms with van der Waals surface area (Å²) in [7, 11) is 0. The molecule has 0 aliphatic carbocycles. The van der Waals surface area contributed by atoms with Gasteiger partial charge in [0.15, 0.2) is 0 Å². The van der Waals surface area contributed by atoms with Crippen molar-refractivity contribution in [2.24, 2.45) is 0 Å². The summed E-state index contributed by atoms with van der Waals surface area (Å²) in [4.78, 5) is 14.2. The summed E-state index contributed by atoms with van der Waals surface area (Å²) in [6, 6.07) is 13.1. The minimum absolute atomic E-state index is 0.0630. The lowest BCUT2D eigenvalue weighted by Crippen LogP contribution is -2.39. The molecule has 20 heavy (non-hydrogen) atoms. The number of nitrogens with one attached hydrogen (secondary N) is 1. The highest BCUT2D eigenvalue weighted by molar-refractivity contribution is 6.37. The standard InChI is InChI=1S/C15H12Cl2N2O/c16-11-6-12-14(13(17)7-11)18-9-19(15(12)20)8-10-4-2-1-3-5-10/h1-7,18H,8-9H2. The third-order valence-corrected chi connectivity index (χ3v) is 3.75. The Labute approximate surface area is 127 Å². The van der Waals surface area contributed by atoms with E-state index in [0.29, 0.717) is 34.5 Å². The molecule has 0 unspecified atom stereocenters. The normalized spacial score (nSPS) is 13.9. The van der Waals surface area contributed by atoms with Crippen LogP contribution in [0.25, 0.3) is 0 Å². The Kier molecular flexibility index (Phi) is 3.55. The number of fused-ring (bicyclic) bond motifs is 1. The molecule has 3 nitrogen and oxygen atoms in total. The molecule has 2 aromatic carbocycles. The van der Waals surface area contributed by atoms with Crippen molar-refractivity contribution in [1.82, 2.24) is 4.90 Å². The Morgan fingerprint density at radius 1 is 1.15 bits per heavy atom. The molecule has 0 spiro atoms. The van der Waals surface area contributed by atoms with Crippen molar-refractivity contribution in [3.8, 4) is 0 Å². The number of carbonyl (C=O) groups excluding carboxylic acids is 1. The topological polar surface area (TPSA) is 32.3 Å². The zero-order chi connectivity index (χ0) is 14.1. The van der Waals surface area contributed by atoms with Gasteiger partial charge in [-0.15, -0.1) is 0 Å². The highest BCUT2D eigenvalue weighted by Gasteiger charge is 2.26. The summed E-state index contributed by atoms with van der Waals surface area (Å²) in [6.45, 7) is 0.984. The van der Waals surface area contributed by atoms with Gasteiger partial charge in [0, 0.05) is 11.6 Å². The lowest BCUT2D eigenvalue weighted by molar-refractivity contribution is 0.0746. The Hall–Kier alpha value is -1.71. The monoisotopic (exact) mass is 306 g/mol. The van der Waals surface area contributed by atoms with Crippen LogP contribution in [0.3, 0.4) is 0 Å². The van der Waals surface area contributed by atoms with Gasteiger partial charge in [-0.2, -0.15) is 0 Å². The van der Waals surface area contributed by atoms with Gasteiger partial charge in [-0.3, -0.25) is 4.79 Å². The molecular formula is C15H12Cl2N2O. The number of nitrogens with zero attached hydrogens (tertiary/aromatic N) is 1. The zero-order valence-electron chi connectivity index (χ0n) is 10.6. The fourth-order valence-corrected chi connectivity index (χ4v) is 2.83. The fraction of sp³-hybridized carbons (Fsp3) is 0.133. The fourth-order valence-electron chi connectivity index (χ4n) is 2.27. The molecule has 3 rings (SSSR count). The maximum atomic E-state index is 12.5. The Balaban J connectivity index is 1.89. The van der Waals surface area contributed by atoms with Crippen LogP contribution >= 0.6 is 23.2 Å². The molecule has 0 aromatic heterocycles. The molecule has 0 radical (unpaired) electrons. The van der Waals surface area contributed by atoms with Gasteiger partial charge in [0.1, 0.15) is 0 Å². The van der Waals surface area contributed by atoms with Crippen molar-refractivity contribution in [1.29, 1.82) is 0 Å². The van der Waals surface area contributed by atoms with Gasteiger partial charge in [-0.25, -0.2) is 0 Å². The summed E-state index contributed by atoms with van der Waals surface area (Å²) >= 11 is 12.1. The quantitative estimate of drug-likeness (QED) is 0.909. The third kappa shape index (κ3) is 2.47. The summed E-state index contributed by atoms with van der Waals surface area (Å²) in [6.07, 6.45) is 0. The summed E-state index contributed by atoms with van der Waals surface area (Å²) in [5.74, 6) is -0.0630. The molecule has 0 bridgehead atoms. The van der Waals surface area contributed by atoms with Crippen molar-refractivity contribution >= 4 is 34.8 Å². The summed E-state index contributed by atoms with van der Waals surface area (Å²) in [5.41, 5.74) is 2.26. The molecule has 102 valence electrons. The molecule has 1 aliphatic heterocycles. The molecule has 1 amide bonds. The first-order chi connectivity index (χ1) is 9.65. The van der Waals surface area contributed by atoms with Gasteiger partial charge in [0.05, 0.1) is 22.9 Å². The van der Waals surface area contributed by atoms with E-state index in [2.05, 4.69) is 5.32 Å². The Bertz CT molecular complexity index is 658. The molecular weight excluding hydrogens is 295 g/mol. The number of hydrogen-bond acceptors (Lipinski definition) is 2. The molecule has 0 fully saturated rings. The van der Waals surface area contributed by atoms with Gasteiger partial charge < -0.3 is 10.2 Å². The predicted octanol–water partition coefficient (Wildman–Crippen LogP) is 4.02. The third-order valence-electron chi connectivity index (χ3n) is 3.24. The van der Waals surface area contributed by atoms with Gasteiger partial charge in [0.25, 0.3) is 5.91 Å². The van der Waals surface area contributed by atoms with Crippen molar-refractivity contribution in [3.63, 3.8) is 0 Å². The molecule has 1 N–H and O–H groups in total. The first-order valence-corrected chi connectivity index (χ1v) is 6.97. The molecule has 5 heteroatoms. The summed E-state index contributed by atoms with van der Waals surface area (Å²) < 4.78 is 0. The zero-order valence-corrected chi connectivity index (χ0v) is 12.1. The first kappa shape index (κ1) is 13.3. The maximum absolute atomic E-state index is 12.5. The Morgan fingerprint density at radius 3 is 2.65 bits per heavy atom. The van der Waals surface area contributed by atoms with Crippen LogP contribution < -0.4 is 5.32 Å². The van der Waals surface area contributed by atoms with Gasteiger partial charge >= 0.3 is 0 Å². The van der Waals surface area contributed by atoms with E-state index >= 15 is 0 Å². The van der Waals surface area contributed by atoms with Crippen LogP contribution in [-0.4, -0.2) is 17.5 Å². The van der Waals surface area contributed by atoms with Gasteiger partial charge in [-0.1, -0.05) is 53.5 Å². The van der Waals surface area contributed by atoms with E-state index in [1.165, 1.54) is 0 Å². The van der Waals surface area contributed by atoms with Crippen LogP contribution in [0.15, 0.2) is 42.5 Å². The highest BCUT2D eigenvalue weighted by atomic mass is 35.5. The number of rotatable bonds is 2. The van der Waals surface area contributed by atoms with Crippen molar-refractivity contribution in [2.45, 2.75) is 6.54 Å². The molecule has 0 saturated carbocycles. The number of hydrogen-bond donors (Lipinski definition) is 1. The first-order valence-electron chi connectivity index (χ1n) is 6.21. The number of benzene rings is 2. The predicted molar refractivity (Wildman–Crippen MR) is 81.3 cm³/mol. The van der Waals surface area contributed by atoms with E-state index in [4.69, 9.17) is 23.2 Å².